The highest BCUT2D eigenvalue weighted by atomic mass is 16.5. The monoisotopic (exact) mass is 198 g/mol. The van der Waals surface area contributed by atoms with Crippen LogP contribution in [0.4, 0.5) is 0 Å². The predicted molar refractivity (Wildman–Crippen MR) is 54.8 cm³/mol. The maximum atomic E-state index is 10.4. The zero-order valence-electron chi connectivity index (χ0n) is 8.58. The summed E-state index contributed by atoms with van der Waals surface area (Å²) < 4.78 is 5.28. The van der Waals surface area contributed by atoms with Crippen LogP contribution in [0.3, 0.4) is 0 Å². The highest BCUT2D eigenvalue weighted by molar-refractivity contribution is 5.85. The molecule has 0 aromatic carbocycles. The summed E-state index contributed by atoms with van der Waals surface area (Å²) >= 11 is 0. The molecular weight excluding hydrogens is 180 g/mol. The number of carbonyl (C=O) groups excluding carboxylic acids is 1. The normalized spacial score (nSPS) is 21.2. The van der Waals surface area contributed by atoms with E-state index >= 15 is 0 Å². The van der Waals surface area contributed by atoms with Crippen molar-refractivity contribution in [3.8, 4) is 0 Å². The third kappa shape index (κ3) is 3.89. The van der Waals surface area contributed by atoms with Crippen LogP contribution in [0.1, 0.15) is 19.8 Å². The minimum Gasteiger partial charge on any atom is -0.381 e. The average Bonchev–Trinajstić information content (AvgIpc) is 2.14. The zero-order chi connectivity index (χ0) is 10.4. The van der Waals surface area contributed by atoms with E-state index in [1.54, 1.807) is 6.08 Å². The Morgan fingerprint density at radius 2 is 2.21 bits per heavy atom. The highest BCUT2D eigenvalue weighted by Gasteiger charge is 2.25. The van der Waals surface area contributed by atoms with Gasteiger partial charge < -0.3 is 15.8 Å². The SMILES string of the molecule is CC1(NCC=CC(N)=O)CCOCC1. The van der Waals surface area contributed by atoms with Crippen LogP contribution in [0.2, 0.25) is 0 Å². The van der Waals surface area contributed by atoms with Gasteiger partial charge in [-0.1, -0.05) is 6.08 Å². The molecule has 0 saturated carbocycles. The predicted octanol–water partition coefficient (Wildman–Crippen LogP) is 0.187. The van der Waals surface area contributed by atoms with Crippen molar-refractivity contribution >= 4 is 5.91 Å². The van der Waals surface area contributed by atoms with Gasteiger partial charge >= 0.3 is 0 Å². The molecule has 14 heavy (non-hydrogen) atoms. The molecule has 1 amide bonds. The van der Waals surface area contributed by atoms with Gasteiger partial charge in [-0.3, -0.25) is 4.79 Å². The van der Waals surface area contributed by atoms with Crippen molar-refractivity contribution in [3.05, 3.63) is 12.2 Å². The maximum absolute atomic E-state index is 10.4. The first kappa shape index (κ1) is 11.2. The first-order valence-electron chi connectivity index (χ1n) is 4.91. The number of nitrogens with two attached hydrogens (primary N) is 1. The van der Waals surface area contributed by atoms with Crippen molar-refractivity contribution in [2.75, 3.05) is 19.8 Å². The number of hydrogen-bond acceptors (Lipinski definition) is 3. The summed E-state index contributed by atoms with van der Waals surface area (Å²) in [5, 5.41) is 3.38. The molecule has 0 aliphatic carbocycles. The Morgan fingerprint density at radius 1 is 1.57 bits per heavy atom. The van der Waals surface area contributed by atoms with Crippen LogP contribution in [-0.2, 0) is 9.53 Å². The number of ether oxygens (including phenoxy) is 1. The Labute approximate surface area is 84.5 Å². The zero-order valence-corrected chi connectivity index (χ0v) is 8.58. The van der Waals surface area contributed by atoms with Gasteiger partial charge in [0.25, 0.3) is 0 Å². The van der Waals surface area contributed by atoms with Crippen LogP contribution in [0, 0.1) is 0 Å². The molecule has 0 atom stereocenters. The van der Waals surface area contributed by atoms with E-state index in [0.717, 1.165) is 26.1 Å². The molecule has 4 nitrogen and oxygen atoms in total. The van der Waals surface area contributed by atoms with Crippen LogP contribution in [-0.4, -0.2) is 31.2 Å². The van der Waals surface area contributed by atoms with E-state index in [2.05, 4.69) is 12.2 Å². The van der Waals surface area contributed by atoms with E-state index in [9.17, 15) is 4.79 Å². The fraction of sp³-hybridized carbons (Fsp3) is 0.700. The molecule has 0 aromatic rings. The Balaban J connectivity index is 2.25. The molecule has 1 heterocycles. The summed E-state index contributed by atoms with van der Waals surface area (Å²) in [4.78, 5) is 10.4. The molecule has 1 aliphatic rings. The summed E-state index contributed by atoms with van der Waals surface area (Å²) in [5.74, 6) is -0.399. The third-order valence-corrected chi connectivity index (χ3v) is 2.53. The van der Waals surface area contributed by atoms with Crippen molar-refractivity contribution < 1.29 is 9.53 Å². The number of nitrogens with one attached hydrogen (secondary N) is 1. The van der Waals surface area contributed by atoms with E-state index in [0.29, 0.717) is 6.54 Å². The van der Waals surface area contributed by atoms with E-state index < -0.39 is 5.91 Å². The summed E-state index contributed by atoms with van der Waals surface area (Å²) in [5.41, 5.74) is 5.11. The van der Waals surface area contributed by atoms with Crippen LogP contribution < -0.4 is 11.1 Å². The summed E-state index contributed by atoms with van der Waals surface area (Å²) in [7, 11) is 0. The second-order valence-corrected chi connectivity index (χ2v) is 3.86. The van der Waals surface area contributed by atoms with Gasteiger partial charge in [-0.15, -0.1) is 0 Å². The van der Waals surface area contributed by atoms with E-state index in [1.807, 2.05) is 0 Å². The molecule has 0 aromatic heterocycles. The van der Waals surface area contributed by atoms with E-state index in [-0.39, 0.29) is 5.54 Å². The van der Waals surface area contributed by atoms with Crippen molar-refractivity contribution in [1.82, 2.24) is 5.32 Å². The molecule has 4 heteroatoms. The second kappa shape index (κ2) is 5.12. The van der Waals surface area contributed by atoms with Gasteiger partial charge in [0.2, 0.25) is 5.91 Å². The lowest BCUT2D eigenvalue weighted by Crippen LogP contribution is -2.46. The van der Waals surface area contributed by atoms with Gasteiger partial charge in [0.05, 0.1) is 0 Å². The van der Waals surface area contributed by atoms with Crippen LogP contribution >= 0.6 is 0 Å². The van der Waals surface area contributed by atoms with Gasteiger partial charge in [0.15, 0.2) is 0 Å². The molecule has 80 valence electrons. The molecule has 0 radical (unpaired) electrons. The molecule has 0 spiro atoms. The Hall–Kier alpha value is -0.870. The molecule has 1 aliphatic heterocycles. The fourth-order valence-corrected chi connectivity index (χ4v) is 1.48. The summed E-state index contributed by atoms with van der Waals surface area (Å²) in [6.07, 6.45) is 5.16. The average molecular weight is 198 g/mol. The van der Waals surface area contributed by atoms with Gasteiger partial charge in [0, 0.05) is 25.3 Å². The first-order chi connectivity index (χ1) is 6.62. The minimum atomic E-state index is -0.399. The van der Waals surface area contributed by atoms with Crippen molar-refractivity contribution in [3.63, 3.8) is 0 Å². The van der Waals surface area contributed by atoms with Crippen molar-refractivity contribution in [2.45, 2.75) is 25.3 Å². The number of primary amides is 1. The van der Waals surface area contributed by atoms with Crippen molar-refractivity contribution in [2.24, 2.45) is 5.73 Å². The minimum absolute atomic E-state index is 0.139. The maximum Gasteiger partial charge on any atom is 0.241 e. The summed E-state index contributed by atoms with van der Waals surface area (Å²) in [6, 6.07) is 0. The number of hydrogen-bond donors (Lipinski definition) is 2. The fourth-order valence-electron chi connectivity index (χ4n) is 1.48. The first-order valence-corrected chi connectivity index (χ1v) is 4.91. The number of carbonyl (C=O) groups is 1. The van der Waals surface area contributed by atoms with E-state index in [1.165, 1.54) is 6.08 Å². The lowest BCUT2D eigenvalue weighted by atomic mass is 9.92. The van der Waals surface area contributed by atoms with Crippen molar-refractivity contribution in [1.29, 1.82) is 0 Å². The van der Waals surface area contributed by atoms with Crippen LogP contribution in [0.15, 0.2) is 12.2 Å². The van der Waals surface area contributed by atoms with Gasteiger partial charge in [-0.05, 0) is 25.8 Å². The molecule has 0 bridgehead atoms. The number of amides is 1. The highest BCUT2D eigenvalue weighted by Crippen LogP contribution is 2.18. The van der Waals surface area contributed by atoms with Gasteiger partial charge in [-0.2, -0.15) is 0 Å². The Bertz CT molecular complexity index is 220. The third-order valence-electron chi connectivity index (χ3n) is 2.53. The molecule has 3 N–H and O–H groups in total. The molecular formula is C10H18N2O2. The molecule has 1 fully saturated rings. The topological polar surface area (TPSA) is 64.3 Å². The lowest BCUT2D eigenvalue weighted by Gasteiger charge is -2.34. The van der Waals surface area contributed by atoms with Gasteiger partial charge in [-0.25, -0.2) is 0 Å². The van der Waals surface area contributed by atoms with Gasteiger partial charge in [0.1, 0.15) is 0 Å². The Kier molecular flexibility index (Phi) is 4.10. The lowest BCUT2D eigenvalue weighted by molar-refractivity contribution is -0.113. The van der Waals surface area contributed by atoms with Crippen LogP contribution in [0.25, 0.3) is 0 Å². The second-order valence-electron chi connectivity index (χ2n) is 3.86. The smallest absolute Gasteiger partial charge is 0.241 e. The number of rotatable bonds is 4. The largest absolute Gasteiger partial charge is 0.381 e. The molecule has 0 unspecified atom stereocenters. The molecule has 1 saturated heterocycles. The Morgan fingerprint density at radius 3 is 2.79 bits per heavy atom. The quantitative estimate of drug-likeness (QED) is 0.634. The van der Waals surface area contributed by atoms with Crippen LogP contribution in [0.5, 0.6) is 0 Å². The van der Waals surface area contributed by atoms with E-state index in [4.69, 9.17) is 10.5 Å². The summed E-state index contributed by atoms with van der Waals surface area (Å²) in [6.45, 7) is 4.47. The molecule has 1 rings (SSSR count). The standard InChI is InChI=1S/C10H18N2O2/c1-10(4-7-14-8-5-10)12-6-2-3-9(11)13/h2-3,12H,4-8H2,1H3,(H2,11,13).